The van der Waals surface area contributed by atoms with Crippen molar-refractivity contribution < 1.29 is 4.74 Å². The van der Waals surface area contributed by atoms with Crippen LogP contribution in [0.2, 0.25) is 0 Å². The van der Waals surface area contributed by atoms with Gasteiger partial charge in [0.2, 0.25) is 0 Å². The molecule has 2 aliphatic rings. The number of nitrogens with zero attached hydrogens (tertiary/aromatic N) is 2. The van der Waals surface area contributed by atoms with Crippen molar-refractivity contribution in [1.82, 2.24) is 4.90 Å². The van der Waals surface area contributed by atoms with Crippen LogP contribution in [0.1, 0.15) is 39.5 Å². The van der Waals surface area contributed by atoms with E-state index in [0.717, 1.165) is 38.0 Å². The summed E-state index contributed by atoms with van der Waals surface area (Å²) in [5.74, 6) is 1.01. The molecule has 0 bridgehead atoms. The maximum atomic E-state index is 6.04. The van der Waals surface area contributed by atoms with Gasteiger partial charge in [0.1, 0.15) is 5.75 Å². The average molecular weight is 317 g/mol. The Morgan fingerprint density at radius 2 is 1.65 bits per heavy atom. The minimum atomic E-state index is 0.212. The summed E-state index contributed by atoms with van der Waals surface area (Å²) in [5, 5.41) is 0. The van der Waals surface area contributed by atoms with Crippen molar-refractivity contribution in [2.24, 2.45) is 5.73 Å². The zero-order valence-corrected chi connectivity index (χ0v) is 14.6. The molecule has 0 radical (unpaired) electrons. The van der Waals surface area contributed by atoms with Crippen molar-refractivity contribution in [2.45, 2.75) is 57.7 Å². The van der Waals surface area contributed by atoms with Gasteiger partial charge in [0.05, 0.1) is 11.8 Å². The van der Waals surface area contributed by atoms with Crippen molar-refractivity contribution in [3.05, 3.63) is 24.3 Å². The van der Waals surface area contributed by atoms with Crippen molar-refractivity contribution in [1.29, 1.82) is 0 Å². The highest BCUT2D eigenvalue weighted by Gasteiger charge is 2.27. The Bertz CT molecular complexity index is 489. The van der Waals surface area contributed by atoms with E-state index in [9.17, 15) is 0 Å². The van der Waals surface area contributed by atoms with E-state index in [-0.39, 0.29) is 6.10 Å². The van der Waals surface area contributed by atoms with Gasteiger partial charge in [-0.15, -0.1) is 0 Å². The fraction of sp³-hybridized carbons (Fsp3) is 0.684. The molecule has 1 aromatic carbocycles. The van der Waals surface area contributed by atoms with Crippen molar-refractivity contribution in [2.75, 3.05) is 31.1 Å². The lowest BCUT2D eigenvalue weighted by atomic mass is 9.90. The monoisotopic (exact) mass is 317 g/mol. The molecule has 1 saturated carbocycles. The largest absolute Gasteiger partial charge is 0.489 e. The number of anilines is 1. The molecule has 0 spiro atoms. The van der Waals surface area contributed by atoms with Gasteiger partial charge in [-0.25, -0.2) is 0 Å². The Kier molecular flexibility index (Phi) is 5.44. The molecule has 4 nitrogen and oxygen atoms in total. The van der Waals surface area contributed by atoms with Gasteiger partial charge in [-0.2, -0.15) is 0 Å². The van der Waals surface area contributed by atoms with Crippen LogP contribution in [0.15, 0.2) is 24.3 Å². The second kappa shape index (κ2) is 7.54. The maximum absolute atomic E-state index is 6.04. The van der Waals surface area contributed by atoms with E-state index in [4.69, 9.17) is 10.5 Å². The second-order valence-electron chi connectivity index (χ2n) is 7.23. The maximum Gasteiger partial charge on any atom is 0.142 e. The molecule has 2 N–H and O–H groups in total. The molecular formula is C19H31N3O. The first-order valence-corrected chi connectivity index (χ1v) is 9.13. The quantitative estimate of drug-likeness (QED) is 0.927. The summed E-state index contributed by atoms with van der Waals surface area (Å²) in [6.07, 6.45) is 5.14. The van der Waals surface area contributed by atoms with E-state index < -0.39 is 0 Å². The van der Waals surface area contributed by atoms with Crippen LogP contribution >= 0.6 is 0 Å². The number of rotatable bonds is 4. The lowest BCUT2D eigenvalue weighted by molar-refractivity contribution is 0.141. The van der Waals surface area contributed by atoms with Crippen molar-refractivity contribution in [3.8, 4) is 5.75 Å². The SMILES string of the molecule is CC(C)Oc1ccccc1N1CCN(C2CCC(N)CC2)CC1. The zero-order chi connectivity index (χ0) is 16.2. The molecule has 4 heteroatoms. The van der Waals surface area contributed by atoms with E-state index in [0.29, 0.717) is 6.04 Å². The number of para-hydroxylation sites is 2. The third-order valence-corrected chi connectivity index (χ3v) is 5.14. The molecule has 0 atom stereocenters. The van der Waals surface area contributed by atoms with Gasteiger partial charge in [0, 0.05) is 38.3 Å². The first-order valence-electron chi connectivity index (χ1n) is 9.13. The lowest BCUT2D eigenvalue weighted by Crippen LogP contribution is -2.51. The van der Waals surface area contributed by atoms with Crippen LogP contribution < -0.4 is 15.4 Å². The van der Waals surface area contributed by atoms with Crippen LogP contribution in [0.4, 0.5) is 5.69 Å². The second-order valence-corrected chi connectivity index (χ2v) is 7.23. The number of piperazine rings is 1. The molecule has 1 aromatic rings. The Morgan fingerprint density at radius 3 is 2.30 bits per heavy atom. The molecule has 0 amide bonds. The molecule has 1 heterocycles. The van der Waals surface area contributed by atoms with Crippen molar-refractivity contribution >= 4 is 5.69 Å². The summed E-state index contributed by atoms with van der Waals surface area (Å²) in [6.45, 7) is 8.64. The summed E-state index contributed by atoms with van der Waals surface area (Å²) >= 11 is 0. The molecule has 2 fully saturated rings. The van der Waals surface area contributed by atoms with Gasteiger partial charge in [-0.3, -0.25) is 4.90 Å². The fourth-order valence-electron chi connectivity index (χ4n) is 3.87. The van der Waals surface area contributed by atoms with Crippen LogP contribution in [-0.4, -0.2) is 49.3 Å². The topological polar surface area (TPSA) is 41.7 Å². The highest BCUT2D eigenvalue weighted by Crippen LogP contribution is 2.31. The van der Waals surface area contributed by atoms with Gasteiger partial charge in [-0.1, -0.05) is 12.1 Å². The summed E-state index contributed by atoms with van der Waals surface area (Å²) in [4.78, 5) is 5.15. The van der Waals surface area contributed by atoms with Crippen LogP contribution in [0.25, 0.3) is 0 Å². The molecule has 1 aliphatic carbocycles. The van der Waals surface area contributed by atoms with Crippen LogP contribution in [0, 0.1) is 0 Å². The van der Waals surface area contributed by atoms with Crippen LogP contribution in [0.3, 0.4) is 0 Å². The summed E-state index contributed by atoms with van der Waals surface area (Å²) < 4.78 is 5.98. The summed E-state index contributed by atoms with van der Waals surface area (Å²) in [7, 11) is 0. The predicted molar refractivity (Wildman–Crippen MR) is 96.2 cm³/mol. The predicted octanol–water partition coefficient (Wildman–Crippen LogP) is 2.87. The van der Waals surface area contributed by atoms with E-state index in [2.05, 4.69) is 47.9 Å². The minimum absolute atomic E-state index is 0.212. The number of nitrogens with two attached hydrogens (primary N) is 1. The fourth-order valence-corrected chi connectivity index (χ4v) is 3.87. The molecule has 23 heavy (non-hydrogen) atoms. The molecular weight excluding hydrogens is 286 g/mol. The zero-order valence-electron chi connectivity index (χ0n) is 14.6. The van der Waals surface area contributed by atoms with E-state index >= 15 is 0 Å². The minimum Gasteiger partial charge on any atom is -0.489 e. The van der Waals surface area contributed by atoms with E-state index in [1.54, 1.807) is 0 Å². The van der Waals surface area contributed by atoms with Gasteiger partial charge in [0.15, 0.2) is 0 Å². The van der Waals surface area contributed by atoms with Crippen molar-refractivity contribution in [3.63, 3.8) is 0 Å². The van der Waals surface area contributed by atoms with Gasteiger partial charge in [0.25, 0.3) is 0 Å². The van der Waals surface area contributed by atoms with Gasteiger partial charge < -0.3 is 15.4 Å². The third kappa shape index (κ3) is 4.18. The molecule has 0 aromatic heterocycles. The first kappa shape index (κ1) is 16.6. The Morgan fingerprint density at radius 1 is 1.00 bits per heavy atom. The highest BCUT2D eigenvalue weighted by atomic mass is 16.5. The first-order chi connectivity index (χ1) is 11.1. The number of hydrogen-bond acceptors (Lipinski definition) is 4. The molecule has 0 unspecified atom stereocenters. The molecule has 1 saturated heterocycles. The normalized spacial score (nSPS) is 26.5. The van der Waals surface area contributed by atoms with E-state index in [1.165, 1.54) is 31.4 Å². The van der Waals surface area contributed by atoms with Crippen LogP contribution in [0.5, 0.6) is 5.75 Å². The number of ether oxygens (including phenoxy) is 1. The third-order valence-electron chi connectivity index (χ3n) is 5.14. The molecule has 128 valence electrons. The lowest BCUT2D eigenvalue weighted by Gasteiger charge is -2.42. The number of benzene rings is 1. The Hall–Kier alpha value is -1.26. The van der Waals surface area contributed by atoms with E-state index in [1.807, 2.05) is 0 Å². The Balaban J connectivity index is 1.59. The number of hydrogen-bond donors (Lipinski definition) is 1. The van der Waals surface area contributed by atoms with Gasteiger partial charge >= 0.3 is 0 Å². The highest BCUT2D eigenvalue weighted by molar-refractivity contribution is 5.58. The summed E-state index contributed by atoms with van der Waals surface area (Å²) in [5.41, 5.74) is 7.28. The van der Waals surface area contributed by atoms with Gasteiger partial charge in [-0.05, 0) is 51.7 Å². The van der Waals surface area contributed by atoms with Crippen LogP contribution in [-0.2, 0) is 0 Å². The Labute approximate surface area is 140 Å². The standard InChI is InChI=1S/C19H31N3O/c1-15(2)23-19-6-4-3-5-18(19)22-13-11-21(12-14-22)17-9-7-16(20)8-10-17/h3-6,15-17H,7-14,20H2,1-2H3. The summed E-state index contributed by atoms with van der Waals surface area (Å²) in [6, 6.07) is 9.63. The molecule has 1 aliphatic heterocycles. The smallest absolute Gasteiger partial charge is 0.142 e. The molecule has 3 rings (SSSR count). The average Bonchev–Trinajstić information content (AvgIpc) is 2.56.